The van der Waals surface area contributed by atoms with Crippen molar-refractivity contribution >= 4 is 5.91 Å². The number of nitrogens with zero attached hydrogens (tertiary/aromatic N) is 1. The Bertz CT molecular complexity index is 537. The maximum atomic E-state index is 12.7. The average Bonchev–Trinajstić information content (AvgIpc) is 2.77. The molecule has 0 radical (unpaired) electrons. The molecule has 0 unspecified atom stereocenters. The van der Waals surface area contributed by atoms with E-state index in [1.54, 1.807) is 0 Å². The first-order chi connectivity index (χ1) is 9.87. The summed E-state index contributed by atoms with van der Waals surface area (Å²) < 4.78 is 5.90. The van der Waals surface area contributed by atoms with Crippen molar-refractivity contribution in [3.05, 3.63) is 29.8 Å². The minimum atomic E-state index is -0.885. The van der Waals surface area contributed by atoms with Gasteiger partial charge in [0.25, 0.3) is 5.91 Å². The lowest BCUT2D eigenvalue weighted by Crippen LogP contribution is -2.48. The number of likely N-dealkylation sites (tertiary alicyclic amines) is 1. The number of benzene rings is 1. The van der Waals surface area contributed by atoms with Crippen LogP contribution in [0.25, 0.3) is 0 Å². The Labute approximate surface area is 125 Å². The second-order valence-corrected chi connectivity index (χ2v) is 6.86. The molecule has 114 valence electrons. The van der Waals surface area contributed by atoms with Gasteiger partial charge in [0.2, 0.25) is 0 Å². The second kappa shape index (κ2) is 5.02. The summed E-state index contributed by atoms with van der Waals surface area (Å²) in [6.45, 7) is 7.05. The lowest BCUT2D eigenvalue weighted by molar-refractivity contribution is -0.144. The third kappa shape index (κ3) is 2.64. The summed E-state index contributed by atoms with van der Waals surface area (Å²) in [6, 6.07) is 7.73. The molecular weight excluding hydrogens is 266 g/mol. The molecule has 0 bridgehead atoms. The lowest BCUT2D eigenvalue weighted by atomic mass is 9.74. The smallest absolute Gasteiger partial charge is 0.266 e. The first kappa shape index (κ1) is 14.4. The molecule has 0 aromatic heterocycles. The minimum Gasteiger partial charge on any atom is -0.478 e. The van der Waals surface area contributed by atoms with Gasteiger partial charge in [-0.1, -0.05) is 17.7 Å². The Morgan fingerprint density at radius 1 is 1.29 bits per heavy atom. The van der Waals surface area contributed by atoms with Crippen LogP contribution in [0, 0.1) is 18.8 Å². The number of fused-ring (bicyclic) bond motifs is 1. The zero-order chi connectivity index (χ0) is 15.2. The number of aryl methyl sites for hydroxylation is 1. The zero-order valence-corrected chi connectivity index (χ0v) is 12.9. The lowest BCUT2D eigenvalue weighted by Gasteiger charge is -2.34. The molecule has 2 aliphatic rings. The number of amides is 1. The molecule has 1 heterocycles. The van der Waals surface area contributed by atoms with Crippen molar-refractivity contribution in [2.75, 3.05) is 13.1 Å². The van der Waals surface area contributed by atoms with E-state index in [0.717, 1.165) is 18.5 Å². The molecular formula is C17H23NO3. The molecule has 4 nitrogen and oxygen atoms in total. The summed E-state index contributed by atoms with van der Waals surface area (Å²) in [5.41, 5.74) is 0.279. The summed E-state index contributed by atoms with van der Waals surface area (Å²) in [6.07, 6.45) is 0.599. The van der Waals surface area contributed by atoms with E-state index in [1.165, 1.54) is 0 Å². The minimum absolute atomic E-state index is 0.00433. The number of hydrogen-bond acceptors (Lipinski definition) is 3. The standard InChI is InChI=1S/C17H23NO3/c1-11-4-6-13(7-5-11)21-17(2,3)16(20)18-9-12-8-15(19)14(12)10-18/h4-7,12,14-15,19H,8-10H2,1-3H3/t12-,14+,15-/m1/s1. The SMILES string of the molecule is Cc1ccc(OC(C)(C)C(=O)N2C[C@H]3C[C@@H](O)[C@H]3C2)cc1. The van der Waals surface area contributed by atoms with E-state index >= 15 is 0 Å². The van der Waals surface area contributed by atoms with Crippen molar-refractivity contribution in [1.82, 2.24) is 4.90 Å². The normalized spacial score (nSPS) is 28.0. The Kier molecular flexibility index (Phi) is 3.44. The molecule has 2 fully saturated rings. The molecule has 3 rings (SSSR count). The highest BCUT2D eigenvalue weighted by Crippen LogP contribution is 2.41. The van der Waals surface area contributed by atoms with Crippen LogP contribution in [0.3, 0.4) is 0 Å². The van der Waals surface area contributed by atoms with Crippen LogP contribution in [0.4, 0.5) is 0 Å². The molecule has 1 aromatic rings. The fourth-order valence-corrected chi connectivity index (χ4v) is 3.36. The Morgan fingerprint density at radius 3 is 2.52 bits per heavy atom. The predicted octanol–water partition coefficient (Wildman–Crippen LogP) is 1.99. The summed E-state index contributed by atoms with van der Waals surface area (Å²) >= 11 is 0. The zero-order valence-electron chi connectivity index (χ0n) is 12.9. The number of aliphatic hydroxyl groups excluding tert-OH is 1. The molecule has 1 N–H and O–H groups in total. The van der Waals surface area contributed by atoms with E-state index in [-0.39, 0.29) is 17.9 Å². The first-order valence-corrected chi connectivity index (χ1v) is 7.60. The molecule has 1 saturated carbocycles. The Hall–Kier alpha value is -1.55. The molecule has 21 heavy (non-hydrogen) atoms. The topological polar surface area (TPSA) is 49.8 Å². The third-order valence-electron chi connectivity index (χ3n) is 4.73. The molecule has 1 amide bonds. The van der Waals surface area contributed by atoms with Crippen LogP contribution < -0.4 is 4.74 Å². The van der Waals surface area contributed by atoms with Crippen molar-refractivity contribution in [2.24, 2.45) is 11.8 Å². The van der Waals surface area contributed by atoms with Crippen molar-refractivity contribution in [3.8, 4) is 5.75 Å². The van der Waals surface area contributed by atoms with E-state index in [9.17, 15) is 9.90 Å². The fourth-order valence-electron chi connectivity index (χ4n) is 3.36. The van der Waals surface area contributed by atoms with Gasteiger partial charge >= 0.3 is 0 Å². The number of carbonyl (C=O) groups excluding carboxylic acids is 1. The maximum Gasteiger partial charge on any atom is 0.266 e. The van der Waals surface area contributed by atoms with Crippen molar-refractivity contribution in [2.45, 2.75) is 38.9 Å². The predicted molar refractivity (Wildman–Crippen MR) is 80.1 cm³/mol. The number of rotatable bonds is 3. The van der Waals surface area contributed by atoms with E-state index < -0.39 is 5.60 Å². The van der Waals surface area contributed by atoms with Crippen molar-refractivity contribution < 1.29 is 14.6 Å². The fraction of sp³-hybridized carbons (Fsp3) is 0.588. The highest BCUT2D eigenvalue weighted by molar-refractivity contribution is 5.85. The van der Waals surface area contributed by atoms with Crippen LogP contribution in [0.15, 0.2) is 24.3 Å². The van der Waals surface area contributed by atoms with Gasteiger partial charge in [-0.15, -0.1) is 0 Å². The summed E-state index contributed by atoms with van der Waals surface area (Å²) in [5, 5.41) is 9.71. The van der Waals surface area contributed by atoms with Crippen LogP contribution in [0.5, 0.6) is 5.75 Å². The quantitative estimate of drug-likeness (QED) is 0.926. The van der Waals surface area contributed by atoms with E-state index in [0.29, 0.717) is 18.2 Å². The van der Waals surface area contributed by atoms with Gasteiger partial charge in [-0.3, -0.25) is 4.79 Å². The van der Waals surface area contributed by atoms with E-state index in [2.05, 4.69) is 0 Å². The molecule has 1 aromatic carbocycles. The van der Waals surface area contributed by atoms with Crippen LogP contribution in [-0.4, -0.2) is 40.7 Å². The molecule has 1 aliphatic heterocycles. The Morgan fingerprint density at radius 2 is 1.95 bits per heavy atom. The third-order valence-corrected chi connectivity index (χ3v) is 4.73. The number of aliphatic hydroxyl groups is 1. The van der Waals surface area contributed by atoms with Crippen LogP contribution in [0.1, 0.15) is 25.8 Å². The monoisotopic (exact) mass is 289 g/mol. The van der Waals surface area contributed by atoms with E-state index in [4.69, 9.17) is 4.74 Å². The molecule has 4 heteroatoms. The Balaban J connectivity index is 1.66. The van der Waals surface area contributed by atoms with E-state index in [1.807, 2.05) is 49.9 Å². The van der Waals surface area contributed by atoms with Gasteiger partial charge in [-0.25, -0.2) is 0 Å². The van der Waals surface area contributed by atoms with Gasteiger partial charge in [-0.05, 0) is 45.2 Å². The molecule has 0 spiro atoms. The largest absolute Gasteiger partial charge is 0.478 e. The summed E-state index contributed by atoms with van der Waals surface area (Å²) in [7, 11) is 0. The average molecular weight is 289 g/mol. The van der Waals surface area contributed by atoms with Crippen LogP contribution in [0.2, 0.25) is 0 Å². The van der Waals surface area contributed by atoms with Gasteiger partial charge in [0.1, 0.15) is 5.75 Å². The number of ether oxygens (including phenoxy) is 1. The second-order valence-electron chi connectivity index (χ2n) is 6.86. The van der Waals surface area contributed by atoms with Gasteiger partial charge in [-0.2, -0.15) is 0 Å². The maximum absolute atomic E-state index is 12.7. The van der Waals surface area contributed by atoms with Crippen LogP contribution >= 0.6 is 0 Å². The first-order valence-electron chi connectivity index (χ1n) is 7.60. The van der Waals surface area contributed by atoms with Crippen molar-refractivity contribution in [1.29, 1.82) is 0 Å². The van der Waals surface area contributed by atoms with Gasteiger partial charge in [0.05, 0.1) is 6.10 Å². The van der Waals surface area contributed by atoms with Crippen molar-refractivity contribution in [3.63, 3.8) is 0 Å². The molecule has 1 saturated heterocycles. The molecule has 3 atom stereocenters. The van der Waals surface area contributed by atoms with Gasteiger partial charge < -0.3 is 14.7 Å². The van der Waals surface area contributed by atoms with Gasteiger partial charge in [0, 0.05) is 19.0 Å². The van der Waals surface area contributed by atoms with Crippen LogP contribution in [-0.2, 0) is 4.79 Å². The summed E-state index contributed by atoms with van der Waals surface area (Å²) in [4.78, 5) is 14.5. The highest BCUT2D eigenvalue weighted by atomic mass is 16.5. The molecule has 1 aliphatic carbocycles. The summed E-state index contributed by atoms with van der Waals surface area (Å²) in [5.74, 6) is 1.45. The van der Waals surface area contributed by atoms with Gasteiger partial charge in [0.15, 0.2) is 5.60 Å². The number of hydrogen-bond donors (Lipinski definition) is 1. The number of carbonyl (C=O) groups is 1. The highest BCUT2D eigenvalue weighted by Gasteiger charge is 2.49.